The van der Waals surface area contributed by atoms with Crippen molar-refractivity contribution in [2.75, 3.05) is 18.4 Å². The SMILES string of the molecule is O=[N+]([O-])c1cc(S(=O)(=O)N2CCCC2)ccc1N[C@H]1CCCc2ccccc21. The zero-order chi connectivity index (χ0) is 19.7. The van der Waals surface area contributed by atoms with Gasteiger partial charge >= 0.3 is 0 Å². The van der Waals surface area contributed by atoms with E-state index < -0.39 is 14.9 Å². The molecule has 2 aromatic rings. The molecule has 0 saturated carbocycles. The van der Waals surface area contributed by atoms with Gasteiger partial charge in [0.05, 0.1) is 15.9 Å². The molecule has 0 radical (unpaired) electrons. The van der Waals surface area contributed by atoms with E-state index in [2.05, 4.69) is 11.4 Å². The Balaban J connectivity index is 1.66. The Bertz CT molecular complexity index is 1000. The molecule has 0 bridgehead atoms. The molecule has 148 valence electrons. The predicted molar refractivity (Wildman–Crippen MR) is 107 cm³/mol. The maximum atomic E-state index is 12.8. The molecular formula is C20H23N3O4S. The van der Waals surface area contributed by atoms with Crippen molar-refractivity contribution in [2.24, 2.45) is 0 Å². The fraction of sp³-hybridized carbons (Fsp3) is 0.400. The minimum atomic E-state index is -3.69. The molecule has 1 fully saturated rings. The fourth-order valence-electron chi connectivity index (χ4n) is 4.11. The molecule has 1 aliphatic carbocycles. The Labute approximate surface area is 164 Å². The third kappa shape index (κ3) is 3.49. The molecule has 0 spiro atoms. The first kappa shape index (κ1) is 18.9. The summed E-state index contributed by atoms with van der Waals surface area (Å²) >= 11 is 0. The van der Waals surface area contributed by atoms with E-state index in [-0.39, 0.29) is 16.6 Å². The maximum Gasteiger partial charge on any atom is 0.293 e. The van der Waals surface area contributed by atoms with Crippen molar-refractivity contribution < 1.29 is 13.3 Å². The summed E-state index contributed by atoms with van der Waals surface area (Å²) in [6.45, 7) is 0.935. The number of benzene rings is 2. The van der Waals surface area contributed by atoms with Crippen LogP contribution in [0.5, 0.6) is 0 Å². The van der Waals surface area contributed by atoms with E-state index in [4.69, 9.17) is 0 Å². The maximum absolute atomic E-state index is 12.8. The van der Waals surface area contributed by atoms with Gasteiger partial charge in [-0.25, -0.2) is 8.42 Å². The lowest BCUT2D eigenvalue weighted by atomic mass is 9.87. The van der Waals surface area contributed by atoms with Crippen LogP contribution in [0.2, 0.25) is 0 Å². The average molecular weight is 401 g/mol. The number of sulfonamides is 1. The van der Waals surface area contributed by atoms with Gasteiger partial charge < -0.3 is 5.32 Å². The summed E-state index contributed by atoms with van der Waals surface area (Å²) in [6.07, 6.45) is 4.53. The Morgan fingerprint density at radius 3 is 2.57 bits per heavy atom. The summed E-state index contributed by atoms with van der Waals surface area (Å²) < 4.78 is 26.9. The van der Waals surface area contributed by atoms with Gasteiger partial charge in [0.25, 0.3) is 5.69 Å². The Kier molecular flexibility index (Phi) is 5.07. The minimum Gasteiger partial charge on any atom is -0.373 e. The van der Waals surface area contributed by atoms with Crippen molar-refractivity contribution in [3.8, 4) is 0 Å². The Hall–Kier alpha value is -2.45. The molecule has 4 rings (SSSR count). The Morgan fingerprint density at radius 2 is 1.82 bits per heavy atom. The second kappa shape index (κ2) is 7.52. The van der Waals surface area contributed by atoms with Gasteiger partial charge in [-0.15, -0.1) is 0 Å². The standard InChI is InChI=1S/C20H23N3O4S/c24-23(25)20-14-16(28(26,27)22-12-3-4-13-22)10-11-19(20)21-18-9-5-7-15-6-1-2-8-17(15)18/h1-2,6,8,10-11,14,18,21H,3-5,7,9,12-13H2/t18-/m0/s1. The van der Waals surface area contributed by atoms with Crippen LogP contribution in [-0.2, 0) is 16.4 Å². The van der Waals surface area contributed by atoms with E-state index in [9.17, 15) is 18.5 Å². The van der Waals surface area contributed by atoms with Crippen molar-refractivity contribution in [2.45, 2.75) is 43.0 Å². The lowest BCUT2D eigenvalue weighted by Crippen LogP contribution is -2.28. The lowest BCUT2D eigenvalue weighted by Gasteiger charge is -2.27. The average Bonchev–Trinajstić information content (AvgIpc) is 3.24. The van der Waals surface area contributed by atoms with Gasteiger partial charge in [-0.3, -0.25) is 10.1 Å². The molecule has 1 aliphatic heterocycles. The van der Waals surface area contributed by atoms with E-state index in [1.165, 1.54) is 28.1 Å². The van der Waals surface area contributed by atoms with Gasteiger partial charge in [0.15, 0.2) is 0 Å². The van der Waals surface area contributed by atoms with E-state index in [0.29, 0.717) is 18.8 Å². The van der Waals surface area contributed by atoms with E-state index >= 15 is 0 Å². The quantitative estimate of drug-likeness (QED) is 0.606. The van der Waals surface area contributed by atoms with Crippen molar-refractivity contribution in [1.82, 2.24) is 4.31 Å². The highest BCUT2D eigenvalue weighted by atomic mass is 32.2. The van der Waals surface area contributed by atoms with Gasteiger partial charge in [-0.2, -0.15) is 4.31 Å². The number of anilines is 1. The molecule has 1 N–H and O–H groups in total. The summed E-state index contributed by atoms with van der Waals surface area (Å²) in [4.78, 5) is 11.1. The zero-order valence-electron chi connectivity index (χ0n) is 15.5. The van der Waals surface area contributed by atoms with Gasteiger partial charge in [-0.05, 0) is 55.4 Å². The monoisotopic (exact) mass is 401 g/mol. The van der Waals surface area contributed by atoms with Crippen molar-refractivity contribution >= 4 is 21.4 Å². The van der Waals surface area contributed by atoms with E-state index in [1.807, 2.05) is 18.2 Å². The number of aryl methyl sites for hydroxylation is 1. The highest BCUT2D eigenvalue weighted by molar-refractivity contribution is 7.89. The molecule has 1 atom stereocenters. The van der Waals surface area contributed by atoms with Crippen LogP contribution >= 0.6 is 0 Å². The molecule has 2 aliphatic rings. The molecule has 2 aromatic carbocycles. The van der Waals surface area contributed by atoms with Crippen molar-refractivity contribution in [1.29, 1.82) is 0 Å². The molecule has 8 heteroatoms. The highest BCUT2D eigenvalue weighted by Gasteiger charge is 2.30. The fourth-order valence-corrected chi connectivity index (χ4v) is 5.65. The first-order valence-electron chi connectivity index (χ1n) is 9.60. The number of rotatable bonds is 5. The molecular weight excluding hydrogens is 378 g/mol. The number of hydrogen-bond acceptors (Lipinski definition) is 5. The number of nitrogens with one attached hydrogen (secondary N) is 1. The van der Waals surface area contributed by atoms with Crippen LogP contribution in [0.3, 0.4) is 0 Å². The second-order valence-electron chi connectivity index (χ2n) is 7.34. The summed E-state index contributed by atoms with van der Waals surface area (Å²) in [5.41, 5.74) is 2.55. The molecule has 1 saturated heterocycles. The van der Waals surface area contributed by atoms with E-state index in [1.54, 1.807) is 0 Å². The summed E-state index contributed by atoms with van der Waals surface area (Å²) in [6, 6.07) is 12.3. The van der Waals surface area contributed by atoms with Crippen LogP contribution in [0, 0.1) is 10.1 Å². The predicted octanol–water partition coefficient (Wildman–Crippen LogP) is 3.87. The molecule has 0 aromatic heterocycles. The van der Waals surface area contributed by atoms with Gasteiger partial charge in [0.2, 0.25) is 10.0 Å². The molecule has 28 heavy (non-hydrogen) atoms. The van der Waals surface area contributed by atoms with Crippen LogP contribution < -0.4 is 5.32 Å². The topological polar surface area (TPSA) is 92.5 Å². The smallest absolute Gasteiger partial charge is 0.293 e. The van der Waals surface area contributed by atoms with Gasteiger partial charge in [-0.1, -0.05) is 24.3 Å². The highest BCUT2D eigenvalue weighted by Crippen LogP contribution is 2.36. The normalized spacial score (nSPS) is 19.9. The largest absolute Gasteiger partial charge is 0.373 e. The molecule has 7 nitrogen and oxygen atoms in total. The number of nitro benzene ring substituents is 1. The number of nitro groups is 1. The van der Waals surface area contributed by atoms with Crippen molar-refractivity contribution in [3.63, 3.8) is 0 Å². The third-order valence-electron chi connectivity index (χ3n) is 5.57. The summed E-state index contributed by atoms with van der Waals surface area (Å²) in [7, 11) is -3.69. The lowest BCUT2D eigenvalue weighted by molar-refractivity contribution is -0.384. The van der Waals surface area contributed by atoms with Crippen LogP contribution in [0.1, 0.15) is 42.9 Å². The summed E-state index contributed by atoms with van der Waals surface area (Å²) in [5, 5.41) is 15.0. The van der Waals surface area contributed by atoms with Crippen LogP contribution in [0.15, 0.2) is 47.4 Å². The van der Waals surface area contributed by atoms with E-state index in [0.717, 1.165) is 37.7 Å². The third-order valence-corrected chi connectivity index (χ3v) is 7.46. The number of nitrogens with zero attached hydrogens (tertiary/aromatic N) is 2. The van der Waals surface area contributed by atoms with Crippen LogP contribution in [-0.4, -0.2) is 30.7 Å². The van der Waals surface area contributed by atoms with Crippen molar-refractivity contribution in [3.05, 3.63) is 63.7 Å². The number of fused-ring (bicyclic) bond motifs is 1. The molecule has 1 heterocycles. The second-order valence-corrected chi connectivity index (χ2v) is 9.27. The van der Waals surface area contributed by atoms with Crippen LogP contribution in [0.25, 0.3) is 0 Å². The zero-order valence-corrected chi connectivity index (χ0v) is 16.3. The number of hydrogen-bond donors (Lipinski definition) is 1. The molecule has 0 unspecified atom stereocenters. The van der Waals surface area contributed by atoms with Gasteiger partial charge in [0, 0.05) is 19.2 Å². The Morgan fingerprint density at radius 1 is 1.07 bits per heavy atom. The van der Waals surface area contributed by atoms with Crippen LogP contribution in [0.4, 0.5) is 11.4 Å². The summed E-state index contributed by atoms with van der Waals surface area (Å²) in [5.74, 6) is 0. The molecule has 0 amide bonds. The minimum absolute atomic E-state index is 0.0179. The first-order valence-corrected chi connectivity index (χ1v) is 11.0. The first-order chi connectivity index (χ1) is 13.5. The van der Waals surface area contributed by atoms with Gasteiger partial charge in [0.1, 0.15) is 5.69 Å².